The Morgan fingerprint density at radius 3 is 2.68 bits per heavy atom. The van der Waals surface area contributed by atoms with Crippen molar-refractivity contribution in [3.05, 3.63) is 91.7 Å². The number of fused-ring (bicyclic) bond motifs is 1. The predicted molar refractivity (Wildman–Crippen MR) is 161 cm³/mol. The monoisotopic (exact) mass is 640 g/mol. The summed E-state index contributed by atoms with van der Waals surface area (Å²) in [4.78, 5) is 30.7. The molecule has 0 aliphatic heterocycles. The first-order valence-corrected chi connectivity index (χ1v) is 14.3. The topological polar surface area (TPSA) is 94.8 Å². The Morgan fingerprint density at radius 2 is 1.93 bits per heavy atom. The molecule has 1 heterocycles. The second-order valence-electron chi connectivity index (χ2n) is 9.63. The Labute approximate surface area is 249 Å². The number of carbonyl (C=O) groups is 1. The van der Waals surface area contributed by atoms with Crippen molar-refractivity contribution < 1.29 is 18.7 Å². The summed E-state index contributed by atoms with van der Waals surface area (Å²) in [5, 5.41) is 7.65. The van der Waals surface area contributed by atoms with Crippen molar-refractivity contribution in [2.45, 2.75) is 38.0 Å². The van der Waals surface area contributed by atoms with Crippen molar-refractivity contribution in [1.82, 2.24) is 9.66 Å². The fraction of sp³-hybridized carbons (Fsp3) is 0.267. The maximum atomic E-state index is 13.9. The van der Waals surface area contributed by atoms with E-state index in [0.29, 0.717) is 26.8 Å². The lowest BCUT2D eigenvalue weighted by atomic mass is 9.88. The molecule has 1 aliphatic rings. The molecule has 1 N–H and O–H groups in total. The van der Waals surface area contributed by atoms with Crippen LogP contribution in [0.2, 0.25) is 5.02 Å². The molecular formula is C30H27BrClFN4O4. The van der Waals surface area contributed by atoms with Gasteiger partial charge >= 0.3 is 0 Å². The van der Waals surface area contributed by atoms with Gasteiger partial charge in [-0.2, -0.15) is 9.78 Å². The molecule has 41 heavy (non-hydrogen) atoms. The van der Waals surface area contributed by atoms with E-state index in [0.717, 1.165) is 25.7 Å². The molecule has 1 fully saturated rings. The molecule has 11 heteroatoms. The van der Waals surface area contributed by atoms with Gasteiger partial charge in [-0.25, -0.2) is 9.37 Å². The molecule has 1 amide bonds. The number of hydrogen-bond acceptors (Lipinski definition) is 6. The Morgan fingerprint density at radius 1 is 1.20 bits per heavy atom. The fourth-order valence-corrected chi connectivity index (χ4v) is 5.52. The molecule has 4 aromatic rings. The minimum atomic E-state index is -0.576. The minimum Gasteiger partial charge on any atom is -0.493 e. The molecule has 0 bridgehead atoms. The predicted octanol–water partition coefficient (Wildman–Crippen LogP) is 6.91. The van der Waals surface area contributed by atoms with E-state index in [1.165, 1.54) is 42.6 Å². The largest absolute Gasteiger partial charge is 0.493 e. The highest BCUT2D eigenvalue weighted by molar-refractivity contribution is 9.10. The van der Waals surface area contributed by atoms with Gasteiger partial charge in [0.2, 0.25) is 0 Å². The normalized spacial score (nSPS) is 14.0. The number of carbonyl (C=O) groups excluding carboxylic acids is 1. The molecule has 1 saturated carbocycles. The van der Waals surface area contributed by atoms with Crippen LogP contribution >= 0.6 is 27.5 Å². The summed E-state index contributed by atoms with van der Waals surface area (Å²) in [6.45, 7) is -0.437. The van der Waals surface area contributed by atoms with Crippen LogP contribution in [0.5, 0.6) is 11.5 Å². The molecule has 0 radical (unpaired) electrons. The molecule has 0 spiro atoms. The highest BCUT2D eigenvalue weighted by atomic mass is 79.9. The van der Waals surface area contributed by atoms with Crippen molar-refractivity contribution >= 4 is 56.2 Å². The lowest BCUT2D eigenvalue weighted by Gasteiger charge is -2.22. The summed E-state index contributed by atoms with van der Waals surface area (Å²) >= 11 is 10.1. The zero-order valence-electron chi connectivity index (χ0n) is 22.2. The van der Waals surface area contributed by atoms with Crippen LogP contribution in [0.3, 0.4) is 0 Å². The summed E-state index contributed by atoms with van der Waals surface area (Å²) in [6, 6.07) is 14.7. The number of amides is 1. The molecule has 8 nitrogen and oxygen atoms in total. The Balaban J connectivity index is 1.44. The Kier molecular flexibility index (Phi) is 8.99. The molecule has 1 aliphatic carbocycles. The summed E-state index contributed by atoms with van der Waals surface area (Å²) in [5.41, 5.74) is 0.959. The van der Waals surface area contributed by atoms with Crippen LogP contribution in [0.15, 0.2) is 69.0 Å². The summed E-state index contributed by atoms with van der Waals surface area (Å²) < 4.78 is 26.8. The number of halogens is 3. The number of nitrogens with one attached hydrogen (secondary N) is 1. The van der Waals surface area contributed by atoms with Crippen molar-refractivity contribution in [1.29, 1.82) is 0 Å². The number of rotatable bonds is 8. The van der Waals surface area contributed by atoms with Gasteiger partial charge in [-0.15, -0.1) is 0 Å². The van der Waals surface area contributed by atoms with Gasteiger partial charge in [-0.3, -0.25) is 9.59 Å². The summed E-state index contributed by atoms with van der Waals surface area (Å²) in [5.74, 6) is -0.00143. The van der Waals surface area contributed by atoms with Gasteiger partial charge in [-0.1, -0.05) is 55.1 Å². The van der Waals surface area contributed by atoms with E-state index in [4.69, 9.17) is 26.1 Å². The van der Waals surface area contributed by atoms with Crippen LogP contribution in [-0.4, -0.2) is 35.5 Å². The maximum absolute atomic E-state index is 13.9. The number of hydrogen-bond donors (Lipinski definition) is 1. The van der Waals surface area contributed by atoms with Crippen LogP contribution in [0.1, 0.15) is 49.4 Å². The molecule has 0 atom stereocenters. The number of benzene rings is 3. The van der Waals surface area contributed by atoms with Gasteiger partial charge < -0.3 is 14.8 Å². The first-order chi connectivity index (χ1) is 19.9. The summed E-state index contributed by atoms with van der Waals surface area (Å²) in [7, 11) is 1.44. The average Bonchev–Trinajstić information content (AvgIpc) is 2.99. The van der Waals surface area contributed by atoms with Gasteiger partial charge in [0.15, 0.2) is 18.1 Å². The Hall–Kier alpha value is -3.76. The van der Waals surface area contributed by atoms with Gasteiger partial charge in [0, 0.05) is 16.0 Å². The summed E-state index contributed by atoms with van der Waals surface area (Å²) in [6.07, 6.45) is 6.73. The van der Waals surface area contributed by atoms with Gasteiger partial charge in [0.25, 0.3) is 11.5 Å². The molecule has 0 unspecified atom stereocenters. The second-order valence-corrected chi connectivity index (χ2v) is 10.8. The van der Waals surface area contributed by atoms with E-state index in [-0.39, 0.29) is 33.7 Å². The van der Waals surface area contributed by atoms with E-state index < -0.39 is 18.3 Å². The third kappa shape index (κ3) is 6.28. The number of methoxy groups -OCH3 is 1. The number of nitrogens with zero attached hydrogens (tertiary/aromatic N) is 3. The SMILES string of the molecule is COc1cc(C=Nn2c(C3CCCCC3)nc3ccccc3c2=O)c(Br)c(Cl)c1OCC(=O)Nc1ccccc1F. The highest BCUT2D eigenvalue weighted by Gasteiger charge is 2.23. The molecular weight excluding hydrogens is 615 g/mol. The highest BCUT2D eigenvalue weighted by Crippen LogP contribution is 2.42. The van der Waals surface area contributed by atoms with E-state index in [1.807, 2.05) is 12.1 Å². The van der Waals surface area contributed by atoms with Crippen LogP contribution in [0.4, 0.5) is 10.1 Å². The lowest BCUT2D eigenvalue weighted by molar-refractivity contribution is -0.118. The zero-order chi connectivity index (χ0) is 28.9. The van der Waals surface area contributed by atoms with E-state index in [9.17, 15) is 14.0 Å². The van der Waals surface area contributed by atoms with Crippen molar-refractivity contribution in [2.24, 2.45) is 5.10 Å². The van der Waals surface area contributed by atoms with Gasteiger partial charge in [-0.05, 0) is 59.1 Å². The minimum absolute atomic E-state index is 0.0397. The fourth-order valence-electron chi connectivity index (χ4n) is 4.87. The number of para-hydroxylation sites is 2. The average molecular weight is 642 g/mol. The van der Waals surface area contributed by atoms with Crippen molar-refractivity contribution in [3.63, 3.8) is 0 Å². The third-order valence-electron chi connectivity index (χ3n) is 6.93. The number of anilines is 1. The Bertz CT molecular complexity index is 1690. The van der Waals surface area contributed by atoms with E-state index >= 15 is 0 Å². The number of aromatic nitrogens is 2. The van der Waals surface area contributed by atoms with Crippen LogP contribution in [0, 0.1) is 5.82 Å². The number of ether oxygens (including phenoxy) is 2. The van der Waals surface area contributed by atoms with Crippen molar-refractivity contribution in [3.8, 4) is 11.5 Å². The van der Waals surface area contributed by atoms with Crippen LogP contribution in [-0.2, 0) is 4.79 Å². The molecule has 3 aromatic carbocycles. The second kappa shape index (κ2) is 12.8. The van der Waals surface area contributed by atoms with Crippen molar-refractivity contribution in [2.75, 3.05) is 19.0 Å². The van der Waals surface area contributed by atoms with Crippen LogP contribution in [0.25, 0.3) is 10.9 Å². The third-order valence-corrected chi connectivity index (χ3v) is 8.38. The first-order valence-electron chi connectivity index (χ1n) is 13.2. The van der Waals surface area contributed by atoms with Crippen LogP contribution < -0.4 is 20.3 Å². The zero-order valence-corrected chi connectivity index (χ0v) is 24.5. The molecule has 1 aromatic heterocycles. The lowest BCUT2D eigenvalue weighted by Crippen LogP contribution is -2.25. The van der Waals surface area contributed by atoms with E-state index in [2.05, 4.69) is 26.3 Å². The quantitative estimate of drug-likeness (QED) is 0.211. The smallest absolute Gasteiger partial charge is 0.282 e. The molecule has 5 rings (SSSR count). The van der Waals surface area contributed by atoms with Gasteiger partial charge in [0.05, 0.1) is 29.9 Å². The molecule has 212 valence electrons. The first kappa shape index (κ1) is 28.8. The van der Waals surface area contributed by atoms with E-state index in [1.54, 1.807) is 24.3 Å². The molecule has 0 saturated heterocycles. The standard InChI is InChI=1S/C30H27BrClFN4O4/c1-40-24-15-19(26(31)27(32)28(24)41-17-25(38)35-23-14-8-6-12-21(23)33)16-34-37-29(18-9-3-2-4-10-18)36-22-13-7-5-11-20(22)30(37)39/h5-8,11-16,18H,2-4,9-10,17H2,1H3,(H,35,38). The maximum Gasteiger partial charge on any atom is 0.282 e. The van der Waals surface area contributed by atoms with Gasteiger partial charge in [0.1, 0.15) is 16.7 Å².